The number of aryl methyl sites for hydroxylation is 1. The highest BCUT2D eigenvalue weighted by Gasteiger charge is 2.22. The van der Waals surface area contributed by atoms with Crippen molar-refractivity contribution < 1.29 is 4.79 Å². The van der Waals surface area contributed by atoms with Crippen molar-refractivity contribution in [3.8, 4) is 0 Å². The van der Waals surface area contributed by atoms with Gasteiger partial charge >= 0.3 is 0 Å². The number of rotatable bonds is 3. The highest BCUT2D eigenvalue weighted by molar-refractivity contribution is 5.92. The Labute approximate surface area is 132 Å². The fourth-order valence-electron chi connectivity index (χ4n) is 2.21. The number of amides is 1. The Balaban J connectivity index is 0.00000180. The third-order valence-corrected chi connectivity index (χ3v) is 3.41. The van der Waals surface area contributed by atoms with Crippen molar-refractivity contribution in [3.05, 3.63) is 23.8 Å². The van der Waals surface area contributed by atoms with E-state index in [2.05, 4.69) is 27.5 Å². The average molecular weight is 321 g/mol. The summed E-state index contributed by atoms with van der Waals surface area (Å²) < 4.78 is 0. The summed E-state index contributed by atoms with van der Waals surface area (Å²) in [5.74, 6) is 0.363. The Bertz CT molecular complexity index is 407. The lowest BCUT2D eigenvalue weighted by Gasteiger charge is -2.28. The van der Waals surface area contributed by atoms with E-state index in [0.29, 0.717) is 11.6 Å². The predicted octanol–water partition coefficient (Wildman–Crippen LogP) is 1.75. The van der Waals surface area contributed by atoms with Crippen LogP contribution in [0.1, 0.15) is 35.9 Å². The Morgan fingerprint density at radius 3 is 2.70 bits per heavy atom. The zero-order chi connectivity index (χ0) is 13.0. The number of carbonyl (C=O) groups excluding carboxylic acids is 1. The first-order valence-electron chi connectivity index (χ1n) is 6.47. The van der Waals surface area contributed by atoms with Gasteiger partial charge in [-0.2, -0.15) is 0 Å². The molecule has 1 aromatic rings. The van der Waals surface area contributed by atoms with Gasteiger partial charge in [0.2, 0.25) is 0 Å². The van der Waals surface area contributed by atoms with E-state index < -0.39 is 0 Å². The first-order chi connectivity index (χ1) is 8.66. The lowest BCUT2D eigenvalue weighted by Crippen LogP contribution is -2.44. The summed E-state index contributed by atoms with van der Waals surface area (Å²) in [6, 6.07) is 0.161. The molecule has 0 spiro atoms. The van der Waals surface area contributed by atoms with E-state index in [1.807, 2.05) is 6.92 Å². The number of halogens is 2. The monoisotopic (exact) mass is 320 g/mol. The molecule has 2 unspecified atom stereocenters. The van der Waals surface area contributed by atoms with E-state index in [4.69, 9.17) is 0 Å². The Hall–Kier alpha value is -0.910. The third-order valence-electron chi connectivity index (χ3n) is 3.41. The molecule has 0 saturated carbocycles. The summed E-state index contributed by atoms with van der Waals surface area (Å²) >= 11 is 0. The van der Waals surface area contributed by atoms with Gasteiger partial charge in [-0.15, -0.1) is 24.8 Å². The average Bonchev–Trinajstić information content (AvgIpc) is 2.40. The van der Waals surface area contributed by atoms with Crippen molar-refractivity contribution in [1.29, 1.82) is 0 Å². The Morgan fingerprint density at radius 1 is 1.40 bits per heavy atom. The molecule has 1 saturated heterocycles. The molecule has 1 fully saturated rings. The molecule has 114 valence electrons. The highest BCUT2D eigenvalue weighted by atomic mass is 35.5. The summed E-state index contributed by atoms with van der Waals surface area (Å²) in [7, 11) is 0. The quantitative estimate of drug-likeness (QED) is 0.890. The van der Waals surface area contributed by atoms with Crippen LogP contribution >= 0.6 is 24.8 Å². The maximum absolute atomic E-state index is 12.0. The molecule has 0 bridgehead atoms. The summed E-state index contributed by atoms with van der Waals surface area (Å²) in [6.45, 7) is 5.96. The molecule has 2 atom stereocenters. The van der Waals surface area contributed by atoms with Crippen LogP contribution in [0.15, 0.2) is 12.4 Å². The van der Waals surface area contributed by atoms with Gasteiger partial charge in [-0.05, 0) is 45.7 Å². The van der Waals surface area contributed by atoms with Crippen molar-refractivity contribution in [2.75, 3.05) is 13.1 Å². The number of piperidine rings is 1. The molecule has 5 nitrogen and oxygen atoms in total. The fourth-order valence-corrected chi connectivity index (χ4v) is 2.21. The van der Waals surface area contributed by atoms with Crippen molar-refractivity contribution in [3.63, 3.8) is 0 Å². The zero-order valence-electron chi connectivity index (χ0n) is 11.8. The van der Waals surface area contributed by atoms with Gasteiger partial charge in [0.25, 0.3) is 5.91 Å². The van der Waals surface area contributed by atoms with E-state index in [9.17, 15) is 4.79 Å². The van der Waals surface area contributed by atoms with E-state index >= 15 is 0 Å². The summed E-state index contributed by atoms with van der Waals surface area (Å²) in [4.78, 5) is 20.1. The molecule has 1 aliphatic heterocycles. The second kappa shape index (κ2) is 9.10. The van der Waals surface area contributed by atoms with Crippen LogP contribution in [0.4, 0.5) is 0 Å². The van der Waals surface area contributed by atoms with Crippen LogP contribution in [0.2, 0.25) is 0 Å². The van der Waals surface area contributed by atoms with Crippen LogP contribution in [-0.2, 0) is 0 Å². The topological polar surface area (TPSA) is 66.9 Å². The summed E-state index contributed by atoms with van der Waals surface area (Å²) in [5.41, 5.74) is 1.20. The molecule has 0 aliphatic carbocycles. The minimum Gasteiger partial charge on any atom is -0.348 e. The minimum atomic E-state index is -0.138. The number of hydrogen-bond donors (Lipinski definition) is 2. The van der Waals surface area contributed by atoms with Crippen LogP contribution in [0, 0.1) is 12.8 Å². The van der Waals surface area contributed by atoms with Gasteiger partial charge in [0.15, 0.2) is 0 Å². The second-order valence-electron chi connectivity index (χ2n) is 4.91. The third kappa shape index (κ3) is 5.23. The van der Waals surface area contributed by atoms with Crippen LogP contribution in [0.5, 0.6) is 0 Å². The second-order valence-corrected chi connectivity index (χ2v) is 4.91. The number of carbonyl (C=O) groups is 1. The summed E-state index contributed by atoms with van der Waals surface area (Å²) in [5, 5.41) is 6.36. The number of nitrogens with one attached hydrogen (secondary N) is 2. The lowest BCUT2D eigenvalue weighted by atomic mass is 9.93. The van der Waals surface area contributed by atoms with Gasteiger partial charge in [0.1, 0.15) is 5.69 Å². The number of hydrogen-bond acceptors (Lipinski definition) is 4. The van der Waals surface area contributed by atoms with E-state index in [-0.39, 0.29) is 36.8 Å². The molecule has 2 rings (SSSR count). The van der Waals surface area contributed by atoms with Gasteiger partial charge in [0.05, 0.1) is 11.9 Å². The molecule has 1 aliphatic rings. The van der Waals surface area contributed by atoms with Gasteiger partial charge in [-0.1, -0.05) is 0 Å². The normalized spacial score (nSPS) is 19.2. The van der Waals surface area contributed by atoms with Gasteiger partial charge in [-0.3, -0.25) is 9.78 Å². The van der Waals surface area contributed by atoms with Gasteiger partial charge < -0.3 is 10.6 Å². The van der Waals surface area contributed by atoms with Gasteiger partial charge in [-0.25, -0.2) is 4.98 Å². The zero-order valence-corrected chi connectivity index (χ0v) is 13.4. The summed E-state index contributed by atoms with van der Waals surface area (Å²) in [6.07, 6.45) is 5.47. The molecule has 1 amide bonds. The fraction of sp³-hybridized carbons (Fsp3) is 0.615. The maximum atomic E-state index is 12.0. The largest absolute Gasteiger partial charge is 0.348 e. The molecule has 1 aromatic heterocycles. The molecule has 0 aromatic carbocycles. The first-order valence-corrected chi connectivity index (χ1v) is 6.47. The van der Waals surface area contributed by atoms with Crippen molar-refractivity contribution in [2.45, 2.75) is 32.7 Å². The Kier molecular flexibility index (Phi) is 8.69. The smallest absolute Gasteiger partial charge is 0.271 e. The standard InChI is InChI=1S/C13H20N4O.2ClH/c1-9-6-16-12(8-15-9)13(18)17-10(2)11-4-3-5-14-7-11;;/h6,8,10-11,14H,3-5,7H2,1-2H3,(H,17,18);2*1H. The van der Waals surface area contributed by atoms with Crippen LogP contribution in [0.3, 0.4) is 0 Å². The van der Waals surface area contributed by atoms with E-state index in [0.717, 1.165) is 25.2 Å². The predicted molar refractivity (Wildman–Crippen MR) is 83.8 cm³/mol. The number of aromatic nitrogens is 2. The van der Waals surface area contributed by atoms with Crippen LogP contribution in [-0.4, -0.2) is 35.0 Å². The maximum Gasteiger partial charge on any atom is 0.271 e. The first kappa shape index (κ1) is 19.1. The van der Waals surface area contributed by atoms with Gasteiger partial charge in [0, 0.05) is 12.2 Å². The molecule has 7 heteroatoms. The molecule has 2 heterocycles. The van der Waals surface area contributed by atoms with Crippen molar-refractivity contribution in [1.82, 2.24) is 20.6 Å². The van der Waals surface area contributed by atoms with Crippen molar-refractivity contribution in [2.24, 2.45) is 5.92 Å². The molecular formula is C13H22Cl2N4O. The molecule has 2 N–H and O–H groups in total. The molecule has 20 heavy (non-hydrogen) atoms. The molecular weight excluding hydrogens is 299 g/mol. The SMILES string of the molecule is Cc1cnc(C(=O)NC(C)C2CCCNC2)cn1.Cl.Cl. The van der Waals surface area contributed by atoms with E-state index in [1.165, 1.54) is 12.6 Å². The van der Waals surface area contributed by atoms with Crippen LogP contribution < -0.4 is 10.6 Å². The van der Waals surface area contributed by atoms with E-state index in [1.54, 1.807) is 6.20 Å². The number of nitrogens with zero attached hydrogens (tertiary/aromatic N) is 2. The lowest BCUT2D eigenvalue weighted by molar-refractivity contribution is 0.0916. The van der Waals surface area contributed by atoms with Crippen LogP contribution in [0.25, 0.3) is 0 Å². The highest BCUT2D eigenvalue weighted by Crippen LogP contribution is 2.14. The molecule has 0 radical (unpaired) electrons. The van der Waals surface area contributed by atoms with Crippen molar-refractivity contribution >= 4 is 30.7 Å². The minimum absolute atomic E-state index is 0. The Morgan fingerprint density at radius 2 is 2.15 bits per heavy atom.